The quantitative estimate of drug-likeness (QED) is 0.450. The molecule has 0 N–H and O–H groups in total. The van der Waals surface area contributed by atoms with E-state index in [1.165, 1.54) is 22.9 Å². The van der Waals surface area contributed by atoms with E-state index in [9.17, 15) is 4.79 Å². The van der Waals surface area contributed by atoms with E-state index in [4.69, 9.17) is 4.74 Å². The maximum absolute atomic E-state index is 12.9. The first-order valence-corrected chi connectivity index (χ1v) is 12.5. The number of ether oxygens (including phenoxy) is 1. The highest BCUT2D eigenvalue weighted by Gasteiger charge is 2.28. The fraction of sp³-hybridized carbons (Fsp3) is 0.414. The van der Waals surface area contributed by atoms with Gasteiger partial charge in [0.2, 0.25) is 0 Å². The maximum Gasteiger partial charge on any atom is 0.309 e. The number of anilines is 1. The standard InChI is InChI=1S/C29H34N2O2/c32-29(25-13-5-2-6-14-25)33-28(24-11-3-1-4-12-24)22-30-18-20-31(21-19-30)27-17-9-15-23-10-7-8-16-26(23)27/h1,3-4,7-12,15-17,25,28H,2,5-6,13-14,18-22H2. The Hall–Kier alpha value is -2.85. The first-order valence-electron chi connectivity index (χ1n) is 12.5. The van der Waals surface area contributed by atoms with Crippen LogP contribution in [0.4, 0.5) is 5.69 Å². The van der Waals surface area contributed by atoms with Gasteiger partial charge in [-0.15, -0.1) is 0 Å². The van der Waals surface area contributed by atoms with Crippen LogP contribution in [0.2, 0.25) is 0 Å². The van der Waals surface area contributed by atoms with Crippen molar-refractivity contribution < 1.29 is 9.53 Å². The van der Waals surface area contributed by atoms with Crippen molar-refractivity contribution >= 4 is 22.4 Å². The van der Waals surface area contributed by atoms with E-state index in [0.717, 1.165) is 64.0 Å². The zero-order valence-corrected chi connectivity index (χ0v) is 19.4. The molecule has 4 heteroatoms. The predicted molar refractivity (Wildman–Crippen MR) is 134 cm³/mol. The Balaban J connectivity index is 1.25. The third kappa shape index (κ3) is 5.22. The molecular formula is C29H34N2O2. The Morgan fingerprint density at radius 1 is 0.818 bits per heavy atom. The lowest BCUT2D eigenvalue weighted by atomic mass is 9.89. The zero-order valence-electron chi connectivity index (χ0n) is 19.4. The number of nitrogens with zero attached hydrogens (tertiary/aromatic N) is 2. The molecule has 0 radical (unpaired) electrons. The number of fused-ring (bicyclic) bond motifs is 1. The average molecular weight is 443 g/mol. The SMILES string of the molecule is O=C(OC(CN1CCN(c2cccc3ccccc23)CC1)c1ccccc1)C1CCCCC1. The normalized spacial score (nSPS) is 18.8. The highest BCUT2D eigenvalue weighted by atomic mass is 16.5. The summed E-state index contributed by atoms with van der Waals surface area (Å²) in [7, 11) is 0. The van der Waals surface area contributed by atoms with Crippen molar-refractivity contribution in [3.63, 3.8) is 0 Å². The van der Waals surface area contributed by atoms with Crippen molar-refractivity contribution in [2.75, 3.05) is 37.6 Å². The van der Waals surface area contributed by atoms with E-state index in [0.29, 0.717) is 0 Å². The van der Waals surface area contributed by atoms with Crippen LogP contribution in [0.15, 0.2) is 72.8 Å². The van der Waals surface area contributed by atoms with Gasteiger partial charge in [0.05, 0.1) is 5.92 Å². The number of esters is 1. The third-order valence-electron chi connectivity index (χ3n) is 7.27. The van der Waals surface area contributed by atoms with Gasteiger partial charge in [0.25, 0.3) is 0 Å². The van der Waals surface area contributed by atoms with Crippen LogP contribution in [-0.4, -0.2) is 43.6 Å². The van der Waals surface area contributed by atoms with Crippen LogP contribution in [0.25, 0.3) is 10.8 Å². The molecule has 0 spiro atoms. The Kier molecular flexibility index (Phi) is 6.92. The molecule has 1 aliphatic heterocycles. The van der Waals surface area contributed by atoms with Crippen LogP contribution < -0.4 is 4.90 Å². The molecule has 3 aromatic carbocycles. The number of piperazine rings is 1. The number of hydrogen-bond acceptors (Lipinski definition) is 4. The van der Waals surface area contributed by atoms with E-state index >= 15 is 0 Å². The van der Waals surface area contributed by atoms with Crippen molar-refractivity contribution in [1.82, 2.24) is 4.90 Å². The molecule has 1 aliphatic carbocycles. The molecule has 3 aromatic rings. The van der Waals surface area contributed by atoms with Crippen LogP contribution >= 0.6 is 0 Å². The van der Waals surface area contributed by atoms with Gasteiger partial charge in [-0.3, -0.25) is 9.69 Å². The molecule has 2 aliphatic rings. The Morgan fingerprint density at radius 2 is 1.52 bits per heavy atom. The lowest BCUT2D eigenvalue weighted by Crippen LogP contribution is -2.48. The fourth-order valence-electron chi connectivity index (χ4n) is 5.34. The summed E-state index contributed by atoms with van der Waals surface area (Å²) in [6.45, 7) is 4.64. The molecule has 0 amide bonds. The highest BCUT2D eigenvalue weighted by Crippen LogP contribution is 2.30. The summed E-state index contributed by atoms with van der Waals surface area (Å²) in [6, 6.07) is 25.5. The van der Waals surface area contributed by atoms with Gasteiger partial charge < -0.3 is 9.64 Å². The molecule has 33 heavy (non-hydrogen) atoms. The molecule has 0 bridgehead atoms. The van der Waals surface area contributed by atoms with Crippen molar-refractivity contribution in [3.8, 4) is 0 Å². The first-order chi connectivity index (χ1) is 16.3. The van der Waals surface area contributed by atoms with Crippen molar-refractivity contribution in [2.24, 2.45) is 5.92 Å². The van der Waals surface area contributed by atoms with Crippen molar-refractivity contribution in [1.29, 1.82) is 0 Å². The van der Waals surface area contributed by atoms with Crippen LogP contribution in [0, 0.1) is 5.92 Å². The number of carbonyl (C=O) groups is 1. The molecule has 1 saturated carbocycles. The monoisotopic (exact) mass is 442 g/mol. The van der Waals surface area contributed by atoms with Gasteiger partial charge in [0.1, 0.15) is 6.10 Å². The minimum absolute atomic E-state index is 0.00190. The predicted octanol–water partition coefficient (Wildman–Crippen LogP) is 5.83. The van der Waals surface area contributed by atoms with Gasteiger partial charge in [0, 0.05) is 43.8 Å². The largest absolute Gasteiger partial charge is 0.456 e. The highest BCUT2D eigenvalue weighted by molar-refractivity contribution is 5.94. The number of benzene rings is 3. The van der Waals surface area contributed by atoms with Gasteiger partial charge >= 0.3 is 5.97 Å². The van der Waals surface area contributed by atoms with Crippen LogP contribution in [0.5, 0.6) is 0 Å². The van der Waals surface area contributed by atoms with E-state index in [1.54, 1.807) is 0 Å². The minimum Gasteiger partial charge on any atom is -0.456 e. The van der Waals surface area contributed by atoms with Gasteiger partial charge in [-0.05, 0) is 29.9 Å². The van der Waals surface area contributed by atoms with E-state index in [-0.39, 0.29) is 18.0 Å². The van der Waals surface area contributed by atoms with Gasteiger partial charge in [0.15, 0.2) is 0 Å². The second kappa shape index (κ2) is 10.4. The molecule has 172 valence electrons. The van der Waals surface area contributed by atoms with Crippen LogP contribution in [-0.2, 0) is 9.53 Å². The second-order valence-corrected chi connectivity index (χ2v) is 9.46. The lowest BCUT2D eigenvalue weighted by Gasteiger charge is -2.38. The van der Waals surface area contributed by atoms with Gasteiger partial charge in [-0.25, -0.2) is 0 Å². The smallest absolute Gasteiger partial charge is 0.309 e. The fourth-order valence-corrected chi connectivity index (χ4v) is 5.34. The first kappa shape index (κ1) is 22.0. The summed E-state index contributed by atoms with van der Waals surface area (Å²) in [5.74, 6) is 0.0751. The van der Waals surface area contributed by atoms with E-state index in [2.05, 4.69) is 64.4 Å². The summed E-state index contributed by atoms with van der Waals surface area (Å²) in [5.41, 5.74) is 2.41. The topological polar surface area (TPSA) is 32.8 Å². The molecule has 1 saturated heterocycles. The second-order valence-electron chi connectivity index (χ2n) is 9.46. The summed E-state index contributed by atoms with van der Waals surface area (Å²) in [4.78, 5) is 17.9. The number of rotatable bonds is 6. The minimum atomic E-state index is -0.204. The summed E-state index contributed by atoms with van der Waals surface area (Å²) in [6.07, 6.45) is 5.28. The molecular weight excluding hydrogens is 408 g/mol. The third-order valence-corrected chi connectivity index (χ3v) is 7.27. The molecule has 5 rings (SSSR count). The van der Waals surface area contributed by atoms with E-state index < -0.39 is 0 Å². The van der Waals surface area contributed by atoms with Gasteiger partial charge in [-0.2, -0.15) is 0 Å². The molecule has 1 atom stereocenters. The Morgan fingerprint density at radius 3 is 2.30 bits per heavy atom. The summed E-state index contributed by atoms with van der Waals surface area (Å²) >= 11 is 0. The maximum atomic E-state index is 12.9. The average Bonchev–Trinajstić information content (AvgIpc) is 2.89. The molecule has 2 fully saturated rings. The van der Waals surface area contributed by atoms with Crippen LogP contribution in [0.3, 0.4) is 0 Å². The molecule has 1 heterocycles. The Bertz CT molecular complexity index is 1050. The molecule has 0 aromatic heterocycles. The zero-order chi connectivity index (χ0) is 22.5. The van der Waals surface area contributed by atoms with Crippen molar-refractivity contribution in [3.05, 3.63) is 78.4 Å². The van der Waals surface area contributed by atoms with E-state index in [1.807, 2.05) is 18.2 Å². The van der Waals surface area contributed by atoms with Gasteiger partial charge in [-0.1, -0.05) is 86.0 Å². The number of carbonyl (C=O) groups excluding carboxylic acids is 1. The molecule has 1 unspecified atom stereocenters. The summed E-state index contributed by atoms with van der Waals surface area (Å²) in [5, 5.41) is 2.60. The molecule has 4 nitrogen and oxygen atoms in total. The van der Waals surface area contributed by atoms with Crippen molar-refractivity contribution in [2.45, 2.75) is 38.2 Å². The van der Waals surface area contributed by atoms with Crippen LogP contribution in [0.1, 0.15) is 43.8 Å². The lowest BCUT2D eigenvalue weighted by molar-refractivity contribution is -0.156. The number of hydrogen-bond donors (Lipinski definition) is 0. The summed E-state index contributed by atoms with van der Waals surface area (Å²) < 4.78 is 6.15. The Labute approximate surface area is 197 Å².